The smallest absolute Gasteiger partial charge is 0.263 e. The van der Waals surface area contributed by atoms with Gasteiger partial charge in [-0.3, -0.25) is 9.59 Å². The van der Waals surface area contributed by atoms with Crippen LogP contribution in [0, 0.1) is 5.92 Å². The molecule has 1 aliphatic rings. The van der Waals surface area contributed by atoms with Crippen molar-refractivity contribution in [2.45, 2.75) is 25.9 Å². The Morgan fingerprint density at radius 1 is 1.48 bits per heavy atom. The van der Waals surface area contributed by atoms with Gasteiger partial charge in [0.15, 0.2) is 6.10 Å². The molecule has 25 heavy (non-hydrogen) atoms. The molecule has 1 fully saturated rings. The summed E-state index contributed by atoms with van der Waals surface area (Å²) in [6.45, 7) is 3.63. The SMILES string of the molecule is CC(Oc1cccc(Cl)c1)C(=O)N1CCCC(C(=O)NCCN)C1.Cl. The van der Waals surface area contributed by atoms with Gasteiger partial charge in [0.1, 0.15) is 5.75 Å². The fourth-order valence-electron chi connectivity index (χ4n) is 2.78. The van der Waals surface area contributed by atoms with Crippen molar-refractivity contribution in [1.82, 2.24) is 10.2 Å². The highest BCUT2D eigenvalue weighted by atomic mass is 35.5. The molecule has 0 aromatic heterocycles. The summed E-state index contributed by atoms with van der Waals surface area (Å²) < 4.78 is 5.68. The second-order valence-electron chi connectivity index (χ2n) is 5.92. The maximum atomic E-state index is 12.6. The second kappa shape index (κ2) is 10.5. The molecule has 0 spiro atoms. The maximum Gasteiger partial charge on any atom is 0.263 e. The summed E-state index contributed by atoms with van der Waals surface area (Å²) in [6, 6.07) is 6.95. The van der Waals surface area contributed by atoms with E-state index in [0.29, 0.717) is 37.0 Å². The number of piperidine rings is 1. The van der Waals surface area contributed by atoms with Crippen LogP contribution in [0.2, 0.25) is 5.02 Å². The third-order valence-electron chi connectivity index (χ3n) is 4.00. The molecule has 2 atom stereocenters. The van der Waals surface area contributed by atoms with Gasteiger partial charge in [0.05, 0.1) is 5.92 Å². The zero-order chi connectivity index (χ0) is 17.5. The molecule has 0 saturated carbocycles. The number of amides is 2. The molecule has 6 nitrogen and oxygen atoms in total. The summed E-state index contributed by atoms with van der Waals surface area (Å²) in [5.41, 5.74) is 5.40. The zero-order valence-electron chi connectivity index (χ0n) is 14.2. The van der Waals surface area contributed by atoms with Crippen molar-refractivity contribution in [3.8, 4) is 5.75 Å². The Labute approximate surface area is 159 Å². The third-order valence-corrected chi connectivity index (χ3v) is 4.24. The molecule has 0 bridgehead atoms. The molecule has 2 rings (SSSR count). The lowest BCUT2D eigenvalue weighted by molar-refractivity contribution is -0.141. The standard InChI is InChI=1S/C17H24ClN3O3.ClH/c1-12(24-15-6-2-5-14(18)10-15)17(23)21-9-3-4-13(11-21)16(22)20-8-7-19;/h2,5-6,10,12-13H,3-4,7-9,11,19H2,1H3,(H,20,22);1H. The molecule has 1 heterocycles. The van der Waals surface area contributed by atoms with Gasteiger partial charge in [0.25, 0.3) is 5.91 Å². The van der Waals surface area contributed by atoms with E-state index in [0.717, 1.165) is 12.8 Å². The number of hydrogen-bond donors (Lipinski definition) is 2. The number of carbonyl (C=O) groups is 2. The number of nitrogens with two attached hydrogens (primary N) is 1. The monoisotopic (exact) mass is 389 g/mol. The van der Waals surface area contributed by atoms with Gasteiger partial charge < -0.3 is 20.7 Å². The van der Waals surface area contributed by atoms with Crippen molar-refractivity contribution >= 4 is 35.8 Å². The van der Waals surface area contributed by atoms with Gasteiger partial charge in [-0.1, -0.05) is 17.7 Å². The Bertz CT molecular complexity index is 586. The van der Waals surface area contributed by atoms with E-state index in [1.165, 1.54) is 0 Å². The predicted molar refractivity (Wildman–Crippen MR) is 100 cm³/mol. The summed E-state index contributed by atoms with van der Waals surface area (Å²) in [7, 11) is 0. The van der Waals surface area contributed by atoms with Gasteiger partial charge in [0, 0.05) is 31.2 Å². The lowest BCUT2D eigenvalue weighted by Crippen LogP contribution is -2.49. The van der Waals surface area contributed by atoms with Crippen LogP contribution >= 0.6 is 24.0 Å². The molecule has 0 radical (unpaired) electrons. The number of hydrogen-bond acceptors (Lipinski definition) is 4. The van der Waals surface area contributed by atoms with Crippen molar-refractivity contribution in [3.63, 3.8) is 0 Å². The van der Waals surface area contributed by atoms with E-state index in [1.807, 2.05) is 0 Å². The Balaban J connectivity index is 0.00000312. The number of nitrogens with zero attached hydrogens (tertiary/aromatic N) is 1. The number of benzene rings is 1. The van der Waals surface area contributed by atoms with E-state index < -0.39 is 6.10 Å². The highest BCUT2D eigenvalue weighted by molar-refractivity contribution is 6.30. The lowest BCUT2D eigenvalue weighted by Gasteiger charge is -2.33. The van der Waals surface area contributed by atoms with Gasteiger partial charge in [-0.05, 0) is 38.0 Å². The average molecular weight is 390 g/mol. The number of nitrogens with one attached hydrogen (secondary N) is 1. The van der Waals surface area contributed by atoms with E-state index >= 15 is 0 Å². The predicted octanol–water partition coefficient (Wildman–Crippen LogP) is 1.84. The summed E-state index contributed by atoms with van der Waals surface area (Å²) in [4.78, 5) is 26.4. The normalized spacial score (nSPS) is 18.0. The molecule has 0 aliphatic carbocycles. The molecule has 1 aromatic rings. The van der Waals surface area contributed by atoms with Crippen molar-refractivity contribution in [3.05, 3.63) is 29.3 Å². The molecule has 2 amide bonds. The van der Waals surface area contributed by atoms with Gasteiger partial charge >= 0.3 is 0 Å². The van der Waals surface area contributed by atoms with Crippen LogP contribution in [-0.4, -0.2) is 49.0 Å². The van der Waals surface area contributed by atoms with Crippen LogP contribution < -0.4 is 15.8 Å². The number of halogens is 2. The fraction of sp³-hybridized carbons (Fsp3) is 0.529. The summed E-state index contributed by atoms with van der Waals surface area (Å²) in [5.74, 6) is 0.206. The zero-order valence-corrected chi connectivity index (χ0v) is 15.8. The average Bonchev–Trinajstić information content (AvgIpc) is 2.59. The lowest BCUT2D eigenvalue weighted by atomic mass is 9.96. The molecular formula is C17H25Cl2N3O3. The van der Waals surface area contributed by atoms with Gasteiger partial charge in [-0.25, -0.2) is 0 Å². The number of rotatable bonds is 6. The Morgan fingerprint density at radius 3 is 2.92 bits per heavy atom. The first-order valence-electron chi connectivity index (χ1n) is 8.20. The van der Waals surface area contributed by atoms with Crippen molar-refractivity contribution in [2.24, 2.45) is 11.7 Å². The Hall–Kier alpha value is -1.50. The summed E-state index contributed by atoms with van der Waals surface area (Å²) in [6.07, 6.45) is 0.953. The molecule has 1 saturated heterocycles. The highest BCUT2D eigenvalue weighted by Crippen LogP contribution is 2.21. The molecule has 140 valence electrons. The van der Waals surface area contributed by atoms with E-state index in [-0.39, 0.29) is 30.1 Å². The minimum Gasteiger partial charge on any atom is -0.481 e. The van der Waals surface area contributed by atoms with Gasteiger partial charge in [-0.15, -0.1) is 12.4 Å². The number of ether oxygens (including phenoxy) is 1. The van der Waals surface area contributed by atoms with E-state index in [1.54, 1.807) is 36.1 Å². The number of likely N-dealkylation sites (tertiary alicyclic amines) is 1. The van der Waals surface area contributed by atoms with E-state index in [9.17, 15) is 9.59 Å². The van der Waals surface area contributed by atoms with E-state index in [4.69, 9.17) is 22.1 Å². The van der Waals surface area contributed by atoms with Crippen LogP contribution in [0.1, 0.15) is 19.8 Å². The van der Waals surface area contributed by atoms with Crippen molar-refractivity contribution in [2.75, 3.05) is 26.2 Å². The highest BCUT2D eigenvalue weighted by Gasteiger charge is 2.30. The van der Waals surface area contributed by atoms with Crippen LogP contribution in [0.4, 0.5) is 0 Å². The summed E-state index contributed by atoms with van der Waals surface area (Å²) >= 11 is 5.92. The third kappa shape index (κ3) is 6.38. The topological polar surface area (TPSA) is 84.7 Å². The Kier molecular flexibility index (Phi) is 9.03. The van der Waals surface area contributed by atoms with Gasteiger partial charge in [0.2, 0.25) is 5.91 Å². The van der Waals surface area contributed by atoms with Crippen LogP contribution in [-0.2, 0) is 9.59 Å². The van der Waals surface area contributed by atoms with Crippen LogP contribution in [0.5, 0.6) is 5.75 Å². The van der Waals surface area contributed by atoms with E-state index in [2.05, 4.69) is 5.32 Å². The first-order chi connectivity index (χ1) is 11.5. The first kappa shape index (κ1) is 21.5. The maximum absolute atomic E-state index is 12.6. The molecule has 8 heteroatoms. The van der Waals surface area contributed by atoms with Crippen LogP contribution in [0.3, 0.4) is 0 Å². The minimum absolute atomic E-state index is 0. The molecular weight excluding hydrogens is 365 g/mol. The largest absolute Gasteiger partial charge is 0.481 e. The minimum atomic E-state index is -0.630. The van der Waals surface area contributed by atoms with Gasteiger partial charge in [-0.2, -0.15) is 0 Å². The molecule has 2 unspecified atom stereocenters. The molecule has 1 aliphatic heterocycles. The quantitative estimate of drug-likeness (QED) is 0.777. The first-order valence-corrected chi connectivity index (χ1v) is 8.58. The Morgan fingerprint density at radius 2 is 2.24 bits per heavy atom. The van der Waals surface area contributed by atoms with Crippen LogP contribution in [0.15, 0.2) is 24.3 Å². The number of carbonyl (C=O) groups excluding carboxylic acids is 2. The van der Waals surface area contributed by atoms with Crippen molar-refractivity contribution in [1.29, 1.82) is 0 Å². The molecule has 3 N–H and O–H groups in total. The van der Waals surface area contributed by atoms with Crippen LogP contribution in [0.25, 0.3) is 0 Å². The fourth-order valence-corrected chi connectivity index (χ4v) is 2.96. The second-order valence-corrected chi connectivity index (χ2v) is 6.36. The summed E-state index contributed by atoms with van der Waals surface area (Å²) in [5, 5.41) is 3.35. The van der Waals surface area contributed by atoms with Crippen molar-refractivity contribution < 1.29 is 14.3 Å². The molecule has 1 aromatic carbocycles.